The van der Waals surface area contributed by atoms with Gasteiger partial charge in [0.1, 0.15) is 13.2 Å². The van der Waals surface area contributed by atoms with Gasteiger partial charge >= 0.3 is 0 Å². The van der Waals surface area contributed by atoms with Gasteiger partial charge < -0.3 is 9.47 Å². The van der Waals surface area contributed by atoms with Gasteiger partial charge in [0.15, 0.2) is 11.5 Å². The Hall–Kier alpha value is -2.25. The number of amides is 1. The van der Waals surface area contributed by atoms with Crippen LogP contribution in [0.5, 0.6) is 11.5 Å². The topological polar surface area (TPSA) is 81.7 Å². The molecule has 1 aliphatic carbocycles. The molecule has 1 heterocycles. The van der Waals surface area contributed by atoms with Gasteiger partial charge in [-0.1, -0.05) is 30.7 Å². The molecule has 8 heteroatoms. The highest BCUT2D eigenvalue weighted by molar-refractivity contribution is 7.90. The molecule has 2 aromatic carbocycles. The zero-order valence-electron chi connectivity index (χ0n) is 15.3. The van der Waals surface area contributed by atoms with Crippen molar-refractivity contribution in [3.05, 3.63) is 52.5 Å². The van der Waals surface area contributed by atoms with E-state index in [9.17, 15) is 13.2 Å². The lowest BCUT2D eigenvalue weighted by Crippen LogP contribution is -2.45. The summed E-state index contributed by atoms with van der Waals surface area (Å²) < 4.78 is 38.9. The van der Waals surface area contributed by atoms with Crippen LogP contribution in [-0.4, -0.2) is 27.5 Å². The van der Waals surface area contributed by atoms with Crippen LogP contribution < -0.4 is 14.2 Å². The Bertz CT molecular complexity index is 1050. The molecular weight excluding hydrogens is 402 g/mol. The Morgan fingerprint density at radius 1 is 1.18 bits per heavy atom. The van der Waals surface area contributed by atoms with Crippen molar-refractivity contribution in [2.75, 3.05) is 13.2 Å². The van der Waals surface area contributed by atoms with Crippen LogP contribution >= 0.6 is 11.6 Å². The van der Waals surface area contributed by atoms with Crippen molar-refractivity contribution in [3.8, 4) is 11.5 Å². The predicted molar refractivity (Wildman–Crippen MR) is 105 cm³/mol. The molecule has 6 nitrogen and oxygen atoms in total. The number of hydrogen-bond donors (Lipinski definition) is 1. The minimum atomic E-state index is -4.06. The Morgan fingerprint density at radius 3 is 2.68 bits per heavy atom. The van der Waals surface area contributed by atoms with Crippen LogP contribution in [0.3, 0.4) is 0 Å². The standard InChI is InChI=1S/C20H20ClNO5S/c1-2-20(9-8-14-15(20)4-3-5-16(14)21)19(23)22-28(24,25)13-6-7-17-18(12-13)27-11-10-26-17/h3-7,12H,2,8-11H2,1H3,(H,22,23). The van der Waals surface area contributed by atoms with Crippen molar-refractivity contribution in [1.29, 1.82) is 0 Å². The molecule has 1 unspecified atom stereocenters. The molecule has 1 N–H and O–H groups in total. The summed E-state index contributed by atoms with van der Waals surface area (Å²) in [4.78, 5) is 13.1. The lowest BCUT2D eigenvalue weighted by Gasteiger charge is -2.28. The molecule has 1 atom stereocenters. The first kappa shape index (κ1) is 19.1. The Balaban J connectivity index is 1.65. The van der Waals surface area contributed by atoms with Gasteiger partial charge in [-0.2, -0.15) is 0 Å². The average Bonchev–Trinajstić information content (AvgIpc) is 3.08. The fourth-order valence-corrected chi connectivity index (χ4v) is 5.30. The van der Waals surface area contributed by atoms with Crippen molar-refractivity contribution in [2.24, 2.45) is 0 Å². The summed E-state index contributed by atoms with van der Waals surface area (Å²) in [6.07, 6.45) is 1.63. The zero-order chi connectivity index (χ0) is 19.9. The summed E-state index contributed by atoms with van der Waals surface area (Å²) in [5.74, 6) is 0.302. The first-order chi connectivity index (χ1) is 13.4. The van der Waals surface area contributed by atoms with Gasteiger partial charge in [0.2, 0.25) is 5.91 Å². The van der Waals surface area contributed by atoms with E-state index in [1.54, 1.807) is 12.1 Å². The number of rotatable bonds is 4. The summed E-state index contributed by atoms with van der Waals surface area (Å²) in [7, 11) is -4.06. The second-order valence-electron chi connectivity index (χ2n) is 6.94. The molecule has 0 fully saturated rings. The second-order valence-corrected chi connectivity index (χ2v) is 9.03. The van der Waals surface area contributed by atoms with Crippen LogP contribution in [0, 0.1) is 0 Å². The van der Waals surface area contributed by atoms with E-state index in [0.717, 1.165) is 11.1 Å². The van der Waals surface area contributed by atoms with E-state index in [-0.39, 0.29) is 4.90 Å². The van der Waals surface area contributed by atoms with E-state index < -0.39 is 21.3 Å². The summed E-state index contributed by atoms with van der Waals surface area (Å²) in [5.41, 5.74) is 0.802. The number of carbonyl (C=O) groups excluding carboxylic acids is 1. The highest BCUT2D eigenvalue weighted by Gasteiger charge is 2.45. The van der Waals surface area contributed by atoms with Gasteiger partial charge in [0.25, 0.3) is 10.0 Å². The van der Waals surface area contributed by atoms with E-state index >= 15 is 0 Å². The van der Waals surface area contributed by atoms with Crippen LogP contribution in [0.25, 0.3) is 0 Å². The quantitative estimate of drug-likeness (QED) is 0.819. The summed E-state index contributed by atoms with van der Waals surface area (Å²) in [5, 5.41) is 0.607. The second kappa shape index (κ2) is 6.97. The van der Waals surface area contributed by atoms with Crippen molar-refractivity contribution < 1.29 is 22.7 Å². The molecule has 1 amide bonds. The molecule has 0 aromatic heterocycles. The molecule has 2 aromatic rings. The Morgan fingerprint density at radius 2 is 1.93 bits per heavy atom. The van der Waals surface area contributed by atoms with Gasteiger partial charge in [0.05, 0.1) is 10.3 Å². The van der Waals surface area contributed by atoms with E-state index in [0.29, 0.717) is 49.0 Å². The third kappa shape index (κ3) is 3.02. The van der Waals surface area contributed by atoms with Crippen molar-refractivity contribution in [2.45, 2.75) is 36.5 Å². The Kier molecular flexibility index (Phi) is 4.75. The first-order valence-electron chi connectivity index (χ1n) is 9.12. The number of nitrogens with one attached hydrogen (secondary N) is 1. The number of hydrogen-bond acceptors (Lipinski definition) is 5. The molecule has 4 rings (SSSR count). The van der Waals surface area contributed by atoms with Crippen molar-refractivity contribution >= 4 is 27.5 Å². The molecule has 148 valence electrons. The van der Waals surface area contributed by atoms with Crippen LogP contribution in [0.2, 0.25) is 5.02 Å². The first-order valence-corrected chi connectivity index (χ1v) is 11.0. The van der Waals surface area contributed by atoms with Gasteiger partial charge in [-0.05, 0) is 48.6 Å². The highest BCUT2D eigenvalue weighted by Crippen LogP contribution is 2.44. The number of sulfonamides is 1. The number of halogens is 1. The minimum Gasteiger partial charge on any atom is -0.486 e. The van der Waals surface area contributed by atoms with E-state index in [1.165, 1.54) is 18.2 Å². The smallest absolute Gasteiger partial charge is 0.264 e. The molecule has 0 bridgehead atoms. The largest absolute Gasteiger partial charge is 0.486 e. The maximum atomic E-state index is 13.2. The molecule has 0 spiro atoms. The fourth-order valence-electron chi connectivity index (χ4n) is 3.97. The molecule has 28 heavy (non-hydrogen) atoms. The summed E-state index contributed by atoms with van der Waals surface area (Å²) >= 11 is 6.28. The van der Waals surface area contributed by atoms with Crippen LogP contribution in [0.15, 0.2) is 41.3 Å². The molecule has 2 aliphatic rings. The van der Waals surface area contributed by atoms with Gasteiger partial charge in [-0.15, -0.1) is 0 Å². The normalized spacial score (nSPS) is 20.5. The molecule has 0 radical (unpaired) electrons. The molecule has 1 aliphatic heterocycles. The van der Waals surface area contributed by atoms with E-state index in [1.807, 2.05) is 13.0 Å². The summed E-state index contributed by atoms with van der Waals surface area (Å²) in [6.45, 7) is 2.64. The highest BCUT2D eigenvalue weighted by atomic mass is 35.5. The van der Waals surface area contributed by atoms with Crippen LogP contribution in [-0.2, 0) is 26.7 Å². The lowest BCUT2D eigenvalue weighted by atomic mass is 9.79. The third-order valence-corrected chi connectivity index (χ3v) is 7.21. The van der Waals surface area contributed by atoms with Crippen molar-refractivity contribution in [1.82, 2.24) is 4.72 Å². The Labute approximate surface area is 168 Å². The van der Waals surface area contributed by atoms with Gasteiger partial charge in [0, 0.05) is 11.1 Å². The molecular formula is C20H20ClNO5S. The lowest BCUT2D eigenvalue weighted by molar-refractivity contribution is -0.125. The predicted octanol–water partition coefficient (Wildman–Crippen LogP) is 3.21. The number of fused-ring (bicyclic) bond motifs is 2. The maximum absolute atomic E-state index is 13.2. The fraction of sp³-hybridized carbons (Fsp3) is 0.350. The number of carbonyl (C=O) groups is 1. The zero-order valence-corrected chi connectivity index (χ0v) is 16.9. The monoisotopic (exact) mass is 421 g/mol. The van der Waals surface area contributed by atoms with Gasteiger partial charge in [-0.3, -0.25) is 4.79 Å². The van der Waals surface area contributed by atoms with E-state index in [4.69, 9.17) is 21.1 Å². The SMILES string of the molecule is CCC1(C(=O)NS(=O)(=O)c2ccc3c(c2)OCCO3)CCc2c(Cl)cccc21. The third-order valence-electron chi connectivity index (χ3n) is 5.53. The minimum absolute atomic E-state index is 0.0410. The average molecular weight is 422 g/mol. The van der Waals surface area contributed by atoms with E-state index in [2.05, 4.69) is 4.72 Å². The number of benzene rings is 2. The molecule has 0 saturated heterocycles. The number of ether oxygens (including phenoxy) is 2. The molecule has 0 saturated carbocycles. The van der Waals surface area contributed by atoms with Crippen LogP contribution in [0.1, 0.15) is 30.9 Å². The maximum Gasteiger partial charge on any atom is 0.264 e. The van der Waals surface area contributed by atoms with Crippen molar-refractivity contribution in [3.63, 3.8) is 0 Å². The van der Waals surface area contributed by atoms with Crippen LogP contribution in [0.4, 0.5) is 0 Å². The van der Waals surface area contributed by atoms with Gasteiger partial charge in [-0.25, -0.2) is 13.1 Å². The summed E-state index contributed by atoms with van der Waals surface area (Å²) in [6, 6.07) is 9.75.